The van der Waals surface area contributed by atoms with Gasteiger partial charge in [-0.1, -0.05) is 0 Å². The maximum absolute atomic E-state index is 14.0. The van der Waals surface area contributed by atoms with Crippen LogP contribution in [0.4, 0.5) is 19.4 Å². The van der Waals surface area contributed by atoms with Crippen LogP contribution in [0.15, 0.2) is 35.2 Å². The molecule has 8 nitrogen and oxygen atoms in total. The second kappa shape index (κ2) is 8.62. The van der Waals surface area contributed by atoms with Crippen LogP contribution < -0.4 is 5.32 Å². The van der Waals surface area contributed by atoms with Crippen LogP contribution in [-0.2, 0) is 15.1 Å². The lowest BCUT2D eigenvalue weighted by molar-refractivity contribution is -0.869. The molecule has 0 aromatic carbocycles. The van der Waals surface area contributed by atoms with Crippen LogP contribution in [0, 0.1) is 11.8 Å². The van der Waals surface area contributed by atoms with Crippen molar-refractivity contribution in [1.82, 2.24) is 10.2 Å². The summed E-state index contributed by atoms with van der Waals surface area (Å²) in [7, 11) is 0. The second-order valence-electron chi connectivity index (χ2n) is 9.67. The number of aromatic nitrogens is 2. The first-order valence-electron chi connectivity index (χ1n) is 11.5. The topological polar surface area (TPSA) is 101 Å². The lowest BCUT2D eigenvalue weighted by Crippen LogP contribution is -2.68. The number of alkyl halides is 2. The fraction of sp³-hybridized carbons (Fsp3) is 0.565. The van der Waals surface area contributed by atoms with E-state index < -0.39 is 35.9 Å². The lowest BCUT2D eigenvalue weighted by Gasteiger charge is -2.49. The number of amides is 2. The number of piperidine rings is 3. The quantitative estimate of drug-likeness (QED) is 0.488. The predicted octanol–water partition coefficient (Wildman–Crippen LogP) is 3.55. The SMILES string of the molecule is O=C(OC1C[N+]2(C(=O)Nc3cccnn3)CCC1CC2)[C@](O)(c1ccsc1)C1CCC(F)(F)C1. The summed E-state index contributed by atoms with van der Waals surface area (Å²) in [6.45, 7) is 1.48. The monoisotopic (exact) mass is 493 g/mol. The van der Waals surface area contributed by atoms with Gasteiger partial charge in [0.1, 0.15) is 6.54 Å². The lowest BCUT2D eigenvalue weighted by atomic mass is 9.80. The Morgan fingerprint density at radius 2 is 2.06 bits per heavy atom. The number of hydrogen-bond acceptors (Lipinski definition) is 7. The van der Waals surface area contributed by atoms with Gasteiger partial charge in [0.2, 0.25) is 5.92 Å². The summed E-state index contributed by atoms with van der Waals surface area (Å²) in [6, 6.07) is 4.66. The number of fused-ring (bicyclic) bond motifs is 3. The molecular formula is C23H27F2N4O4S+. The van der Waals surface area contributed by atoms with E-state index in [2.05, 4.69) is 15.5 Å². The van der Waals surface area contributed by atoms with E-state index in [1.807, 2.05) is 0 Å². The number of anilines is 1. The van der Waals surface area contributed by atoms with Gasteiger partial charge in [-0.2, -0.15) is 16.4 Å². The molecule has 3 saturated heterocycles. The van der Waals surface area contributed by atoms with Gasteiger partial charge in [0.25, 0.3) is 0 Å². The summed E-state index contributed by atoms with van der Waals surface area (Å²) in [4.78, 5) is 26.6. The molecule has 2 aromatic heterocycles. The summed E-state index contributed by atoms with van der Waals surface area (Å²) in [6.07, 6.45) is 1.39. The van der Waals surface area contributed by atoms with Crippen LogP contribution in [0.5, 0.6) is 0 Å². The fourth-order valence-electron chi connectivity index (χ4n) is 5.68. The molecule has 2 amide bonds. The van der Waals surface area contributed by atoms with E-state index in [0.29, 0.717) is 31.7 Å². The molecule has 0 radical (unpaired) electrons. The molecule has 3 aliphatic heterocycles. The number of ether oxygens (including phenoxy) is 1. The second-order valence-corrected chi connectivity index (χ2v) is 10.4. The minimum absolute atomic E-state index is 0.0308. The molecule has 2 aromatic rings. The minimum atomic E-state index is -2.92. The highest BCUT2D eigenvalue weighted by molar-refractivity contribution is 7.08. The van der Waals surface area contributed by atoms with Gasteiger partial charge in [-0.15, -0.1) is 5.10 Å². The fourth-order valence-corrected chi connectivity index (χ4v) is 6.39. The van der Waals surface area contributed by atoms with E-state index in [0.717, 1.165) is 0 Å². The summed E-state index contributed by atoms with van der Waals surface area (Å²) in [5, 5.41) is 25.3. The number of nitrogens with zero attached hydrogens (tertiary/aromatic N) is 3. The van der Waals surface area contributed by atoms with E-state index in [1.165, 1.54) is 17.5 Å². The number of nitrogens with one attached hydrogen (secondary N) is 1. The van der Waals surface area contributed by atoms with Gasteiger partial charge in [-0.25, -0.2) is 22.9 Å². The Bertz CT molecular complexity index is 1050. The molecule has 2 unspecified atom stereocenters. The zero-order chi connectivity index (χ0) is 24.0. The molecule has 6 rings (SSSR count). The van der Waals surface area contributed by atoms with Crippen molar-refractivity contribution in [2.45, 2.75) is 49.7 Å². The molecule has 5 heterocycles. The van der Waals surface area contributed by atoms with E-state index in [4.69, 9.17) is 4.74 Å². The van der Waals surface area contributed by atoms with Crippen molar-refractivity contribution in [2.24, 2.45) is 11.8 Å². The van der Waals surface area contributed by atoms with Gasteiger partial charge in [0.15, 0.2) is 17.5 Å². The number of urea groups is 1. The third kappa shape index (κ3) is 4.09. The van der Waals surface area contributed by atoms with Crippen molar-refractivity contribution in [3.05, 3.63) is 40.7 Å². The van der Waals surface area contributed by atoms with Crippen molar-refractivity contribution >= 4 is 29.2 Å². The first-order chi connectivity index (χ1) is 16.2. The zero-order valence-corrected chi connectivity index (χ0v) is 19.3. The van der Waals surface area contributed by atoms with E-state index in [-0.39, 0.29) is 41.4 Å². The summed E-state index contributed by atoms with van der Waals surface area (Å²) in [5.74, 6) is -4.35. The van der Waals surface area contributed by atoms with Crippen LogP contribution in [0.2, 0.25) is 0 Å². The first-order valence-corrected chi connectivity index (χ1v) is 12.5. The standard InChI is InChI=1S/C23H26F2N4O4S/c24-22(25)7-3-16(12-22)23(32,17-6-11-34-14-17)20(30)33-18-13-29(9-4-15(18)5-10-29)21(31)27-19-2-1-8-26-28-19/h1-2,6,8,11,14-16,18,32H,3-5,7,9-10,12-13H2/p+1/t15?,16?,18?,23-,29?/m1/s1. The smallest absolute Gasteiger partial charge is 0.422 e. The van der Waals surface area contributed by atoms with E-state index in [9.17, 15) is 23.5 Å². The van der Waals surface area contributed by atoms with Crippen molar-refractivity contribution in [2.75, 3.05) is 25.0 Å². The Kier molecular flexibility index (Phi) is 5.89. The molecule has 2 N–H and O–H groups in total. The molecular weight excluding hydrogens is 466 g/mol. The number of esters is 1. The largest absolute Gasteiger partial charge is 0.454 e. The number of thiophene rings is 1. The van der Waals surface area contributed by atoms with Gasteiger partial charge in [-0.3, -0.25) is 5.32 Å². The predicted molar refractivity (Wildman–Crippen MR) is 119 cm³/mol. The molecule has 2 bridgehead atoms. The molecule has 0 spiro atoms. The average molecular weight is 494 g/mol. The van der Waals surface area contributed by atoms with Crippen LogP contribution in [-0.4, -0.2) is 63.4 Å². The molecule has 11 heteroatoms. The molecule has 34 heavy (non-hydrogen) atoms. The highest BCUT2D eigenvalue weighted by Crippen LogP contribution is 2.49. The van der Waals surface area contributed by atoms with E-state index >= 15 is 0 Å². The zero-order valence-electron chi connectivity index (χ0n) is 18.5. The van der Waals surface area contributed by atoms with Crippen molar-refractivity contribution in [1.29, 1.82) is 0 Å². The van der Waals surface area contributed by atoms with E-state index in [1.54, 1.807) is 29.0 Å². The minimum Gasteiger partial charge on any atom is -0.454 e. The molecule has 1 saturated carbocycles. The number of carbonyl (C=O) groups is 2. The molecule has 3 atom stereocenters. The molecule has 4 aliphatic rings. The van der Waals surface area contributed by atoms with Crippen LogP contribution in [0.1, 0.15) is 37.7 Å². The van der Waals surface area contributed by atoms with Gasteiger partial charge in [0, 0.05) is 49.3 Å². The highest BCUT2D eigenvalue weighted by atomic mass is 32.1. The van der Waals surface area contributed by atoms with Gasteiger partial charge in [0.05, 0.1) is 13.1 Å². The Hall–Kier alpha value is -2.50. The number of rotatable bonds is 5. The number of quaternary nitrogens is 1. The number of aliphatic hydroxyl groups is 1. The summed E-state index contributed by atoms with van der Waals surface area (Å²) in [5.41, 5.74) is -1.85. The van der Waals surface area contributed by atoms with Gasteiger partial charge >= 0.3 is 12.0 Å². The van der Waals surface area contributed by atoms with Gasteiger partial charge in [-0.05, 0) is 35.4 Å². The number of carbonyl (C=O) groups excluding carboxylic acids is 2. The maximum Gasteiger partial charge on any atom is 0.422 e. The Balaban J connectivity index is 1.35. The summed E-state index contributed by atoms with van der Waals surface area (Å²) >= 11 is 1.28. The first kappa shape index (κ1) is 23.3. The maximum atomic E-state index is 14.0. The normalized spacial score (nSPS) is 31.6. The van der Waals surface area contributed by atoms with Crippen molar-refractivity contribution in [3.8, 4) is 0 Å². The molecule has 1 aliphatic carbocycles. The van der Waals surface area contributed by atoms with Crippen LogP contribution in [0.3, 0.4) is 0 Å². The third-order valence-electron chi connectivity index (χ3n) is 7.67. The van der Waals surface area contributed by atoms with Gasteiger partial charge < -0.3 is 9.84 Å². The Morgan fingerprint density at radius 3 is 2.68 bits per heavy atom. The molecule has 182 valence electrons. The average Bonchev–Trinajstić information content (AvgIpc) is 3.50. The van der Waals surface area contributed by atoms with Crippen LogP contribution >= 0.6 is 11.3 Å². The summed E-state index contributed by atoms with van der Waals surface area (Å²) < 4.78 is 34.0. The number of hydrogen-bond donors (Lipinski definition) is 2. The van der Waals surface area contributed by atoms with Crippen molar-refractivity contribution < 1.29 is 32.7 Å². The Labute approximate surface area is 199 Å². The van der Waals surface area contributed by atoms with Crippen LogP contribution in [0.25, 0.3) is 0 Å². The third-order valence-corrected chi connectivity index (χ3v) is 8.36. The number of halogens is 2. The molecule has 4 fully saturated rings. The van der Waals surface area contributed by atoms with Crippen molar-refractivity contribution in [3.63, 3.8) is 0 Å². The highest BCUT2D eigenvalue weighted by Gasteiger charge is 2.57. The Morgan fingerprint density at radius 1 is 1.26 bits per heavy atom.